The number of aliphatic hydroxyl groups excluding tert-OH is 1. The fraction of sp³-hybridized carbons (Fsp3) is 0.381. The highest BCUT2D eigenvalue weighted by molar-refractivity contribution is 5.76. The van der Waals surface area contributed by atoms with E-state index in [1.165, 1.54) is 0 Å². The van der Waals surface area contributed by atoms with Crippen LogP contribution in [-0.4, -0.2) is 45.9 Å². The largest absolute Gasteiger partial charge is 0.416 e. The van der Waals surface area contributed by atoms with E-state index in [2.05, 4.69) is 4.98 Å². The molecule has 3 aromatic rings. The Morgan fingerprint density at radius 1 is 1.23 bits per heavy atom. The van der Waals surface area contributed by atoms with Crippen LogP contribution in [0.25, 0.3) is 11.0 Å². The first kappa shape index (κ1) is 20.8. The second kappa shape index (κ2) is 7.98. The summed E-state index contributed by atoms with van der Waals surface area (Å²) in [5.74, 6) is -0.982. The molecule has 2 aromatic carbocycles. The molecular weight excluding hydrogens is 402 g/mol. The number of aryl methyl sites for hydroxylation is 1. The number of aliphatic hydroxyl groups is 1. The Bertz CT molecular complexity index is 1050. The van der Waals surface area contributed by atoms with Gasteiger partial charge in [0.25, 0.3) is 0 Å². The lowest BCUT2D eigenvalue weighted by molar-refractivity contribution is -0.137. The molecule has 1 aliphatic heterocycles. The van der Waals surface area contributed by atoms with Crippen molar-refractivity contribution in [2.24, 2.45) is 7.05 Å². The second-order valence-corrected chi connectivity index (χ2v) is 7.43. The summed E-state index contributed by atoms with van der Waals surface area (Å²) in [4.78, 5) is 6.12. The summed E-state index contributed by atoms with van der Waals surface area (Å²) in [6, 6.07) is 7.39. The molecule has 0 amide bonds. The molecule has 4 rings (SSSR count). The molecule has 2 atom stereocenters. The van der Waals surface area contributed by atoms with Crippen LogP contribution in [0, 0.1) is 5.82 Å². The number of aromatic nitrogens is 2. The van der Waals surface area contributed by atoms with Gasteiger partial charge in [-0.3, -0.25) is 4.90 Å². The molecule has 0 unspecified atom stereocenters. The van der Waals surface area contributed by atoms with Crippen molar-refractivity contribution in [3.05, 3.63) is 65.2 Å². The maximum Gasteiger partial charge on any atom is 0.416 e. The molecule has 1 aromatic heterocycles. The molecule has 0 spiro atoms. The number of rotatable bonds is 4. The highest BCUT2D eigenvalue weighted by Crippen LogP contribution is 2.34. The van der Waals surface area contributed by atoms with Gasteiger partial charge in [-0.25, -0.2) is 9.37 Å². The van der Waals surface area contributed by atoms with Gasteiger partial charge < -0.3 is 14.4 Å². The standard InChI is InChI=1S/C21H21F4N3O2/c1-27-12-26-17-3-2-13(8-18(17)27)20-10-28(4-5-30-20)19(11-29)14-6-15(21(23,24)25)9-16(22)7-14/h2-3,6-9,12,19-20,29H,4-5,10-11H2,1H3/t19-,20+/m1/s1. The number of fused-ring (bicyclic) bond motifs is 1. The van der Waals surface area contributed by atoms with E-state index >= 15 is 0 Å². The van der Waals surface area contributed by atoms with Crippen molar-refractivity contribution in [2.45, 2.75) is 18.3 Å². The fourth-order valence-corrected chi connectivity index (χ4v) is 3.90. The van der Waals surface area contributed by atoms with E-state index in [0.29, 0.717) is 25.8 Å². The Morgan fingerprint density at radius 3 is 2.77 bits per heavy atom. The number of nitrogens with zero attached hydrogens (tertiary/aromatic N) is 3. The van der Waals surface area contributed by atoms with Gasteiger partial charge in [-0.05, 0) is 41.5 Å². The number of benzene rings is 2. The zero-order valence-electron chi connectivity index (χ0n) is 16.2. The van der Waals surface area contributed by atoms with Gasteiger partial charge >= 0.3 is 6.18 Å². The summed E-state index contributed by atoms with van der Waals surface area (Å²) in [6.45, 7) is 0.667. The molecule has 2 heterocycles. The molecule has 9 heteroatoms. The Hall–Kier alpha value is -2.49. The number of hydrogen-bond acceptors (Lipinski definition) is 4. The van der Waals surface area contributed by atoms with E-state index in [1.807, 2.05) is 34.7 Å². The molecule has 0 saturated carbocycles. The van der Waals surface area contributed by atoms with E-state index in [-0.39, 0.29) is 11.7 Å². The zero-order valence-corrected chi connectivity index (χ0v) is 16.2. The SMILES string of the molecule is Cn1cnc2ccc([C@@H]3CN([C@H](CO)c4cc(F)cc(C(F)(F)F)c4)CCO3)cc21. The predicted molar refractivity (Wildman–Crippen MR) is 102 cm³/mol. The van der Waals surface area contributed by atoms with Gasteiger partial charge in [-0.1, -0.05) is 6.07 Å². The quantitative estimate of drug-likeness (QED) is 0.648. The van der Waals surface area contributed by atoms with E-state index in [9.17, 15) is 22.7 Å². The third-order valence-corrected chi connectivity index (χ3v) is 5.47. The first-order valence-corrected chi connectivity index (χ1v) is 9.51. The number of ether oxygens (including phenoxy) is 1. The van der Waals surface area contributed by atoms with Gasteiger partial charge in [0.15, 0.2) is 0 Å². The molecule has 5 nitrogen and oxygen atoms in total. The van der Waals surface area contributed by atoms with Crippen molar-refractivity contribution in [3.63, 3.8) is 0 Å². The number of hydrogen-bond donors (Lipinski definition) is 1. The van der Waals surface area contributed by atoms with Gasteiger partial charge in [0, 0.05) is 20.1 Å². The van der Waals surface area contributed by atoms with E-state index in [4.69, 9.17) is 4.74 Å². The third kappa shape index (κ3) is 4.05. The van der Waals surface area contributed by atoms with Crippen LogP contribution in [-0.2, 0) is 18.0 Å². The van der Waals surface area contributed by atoms with Gasteiger partial charge in [0.2, 0.25) is 0 Å². The number of imidazole rings is 1. The molecule has 30 heavy (non-hydrogen) atoms. The lowest BCUT2D eigenvalue weighted by Crippen LogP contribution is -2.42. The Labute approximate surface area is 170 Å². The summed E-state index contributed by atoms with van der Waals surface area (Å²) in [6.07, 6.45) is -3.28. The van der Waals surface area contributed by atoms with Gasteiger partial charge in [-0.15, -0.1) is 0 Å². The van der Waals surface area contributed by atoms with E-state index < -0.39 is 30.2 Å². The predicted octanol–water partition coefficient (Wildman–Crippen LogP) is 3.84. The average molecular weight is 423 g/mol. The van der Waals surface area contributed by atoms with Crippen LogP contribution in [0.5, 0.6) is 0 Å². The lowest BCUT2D eigenvalue weighted by atomic mass is 10.00. The van der Waals surface area contributed by atoms with Crippen LogP contribution in [0.4, 0.5) is 17.6 Å². The second-order valence-electron chi connectivity index (χ2n) is 7.43. The third-order valence-electron chi connectivity index (χ3n) is 5.47. The molecule has 160 valence electrons. The Balaban J connectivity index is 1.61. The summed E-state index contributed by atoms with van der Waals surface area (Å²) in [5, 5.41) is 9.93. The monoisotopic (exact) mass is 423 g/mol. The van der Waals surface area contributed by atoms with Crippen LogP contribution < -0.4 is 0 Å². The van der Waals surface area contributed by atoms with Crippen LogP contribution in [0.3, 0.4) is 0 Å². The normalized spacial score (nSPS) is 19.3. The molecule has 1 fully saturated rings. The first-order chi connectivity index (χ1) is 14.3. The van der Waals surface area contributed by atoms with Crippen molar-refractivity contribution >= 4 is 11.0 Å². The molecule has 0 radical (unpaired) electrons. The van der Waals surface area contributed by atoms with E-state index in [0.717, 1.165) is 28.7 Å². The maximum absolute atomic E-state index is 13.9. The number of morpholine rings is 1. The molecule has 0 bridgehead atoms. The van der Waals surface area contributed by atoms with Crippen LogP contribution in [0.15, 0.2) is 42.7 Å². The highest BCUT2D eigenvalue weighted by atomic mass is 19.4. The number of halogens is 4. The summed E-state index contributed by atoms with van der Waals surface area (Å²) >= 11 is 0. The molecule has 1 saturated heterocycles. The van der Waals surface area contributed by atoms with E-state index in [1.54, 1.807) is 6.33 Å². The van der Waals surface area contributed by atoms with Crippen molar-refractivity contribution in [1.29, 1.82) is 0 Å². The van der Waals surface area contributed by atoms with Crippen molar-refractivity contribution < 1.29 is 27.4 Å². The molecular formula is C21H21F4N3O2. The Morgan fingerprint density at radius 2 is 2.03 bits per heavy atom. The Kier molecular flexibility index (Phi) is 5.52. The lowest BCUT2D eigenvalue weighted by Gasteiger charge is -2.38. The molecule has 0 aliphatic carbocycles. The summed E-state index contributed by atoms with van der Waals surface area (Å²) in [7, 11) is 1.89. The highest BCUT2D eigenvalue weighted by Gasteiger charge is 2.34. The summed E-state index contributed by atoms with van der Waals surface area (Å²) in [5.41, 5.74) is 1.71. The average Bonchev–Trinajstić information content (AvgIpc) is 3.08. The number of alkyl halides is 3. The van der Waals surface area contributed by atoms with Gasteiger partial charge in [0.1, 0.15) is 5.82 Å². The minimum Gasteiger partial charge on any atom is -0.394 e. The van der Waals surface area contributed by atoms with Crippen molar-refractivity contribution in [2.75, 3.05) is 26.3 Å². The zero-order chi connectivity index (χ0) is 21.5. The first-order valence-electron chi connectivity index (χ1n) is 9.51. The van der Waals surface area contributed by atoms with Gasteiger partial charge in [0.05, 0.1) is 48.3 Å². The van der Waals surface area contributed by atoms with Gasteiger partial charge in [-0.2, -0.15) is 13.2 Å². The smallest absolute Gasteiger partial charge is 0.394 e. The molecule has 1 aliphatic rings. The van der Waals surface area contributed by atoms with Crippen molar-refractivity contribution in [3.8, 4) is 0 Å². The van der Waals surface area contributed by atoms with Crippen LogP contribution in [0.1, 0.15) is 28.8 Å². The molecule has 1 N–H and O–H groups in total. The fourth-order valence-electron chi connectivity index (χ4n) is 3.90. The topological polar surface area (TPSA) is 50.5 Å². The van der Waals surface area contributed by atoms with Crippen LogP contribution in [0.2, 0.25) is 0 Å². The summed E-state index contributed by atoms with van der Waals surface area (Å²) < 4.78 is 61.0. The minimum absolute atomic E-state index is 0.0903. The van der Waals surface area contributed by atoms with Crippen molar-refractivity contribution in [1.82, 2.24) is 14.5 Å². The minimum atomic E-state index is -4.66. The maximum atomic E-state index is 13.9. The van der Waals surface area contributed by atoms with Crippen LogP contribution >= 0.6 is 0 Å².